The van der Waals surface area contributed by atoms with E-state index in [4.69, 9.17) is 18.9 Å². The minimum absolute atomic E-state index is 0.0119. The van der Waals surface area contributed by atoms with Crippen molar-refractivity contribution in [1.29, 1.82) is 0 Å². The molecule has 0 spiro atoms. The van der Waals surface area contributed by atoms with E-state index in [2.05, 4.69) is 58.9 Å². The molecule has 0 radical (unpaired) electrons. The highest BCUT2D eigenvalue weighted by Crippen LogP contribution is 2.49. The van der Waals surface area contributed by atoms with Crippen molar-refractivity contribution in [3.63, 3.8) is 0 Å². The molecule has 0 fully saturated rings. The number of hydrogen-bond acceptors (Lipinski definition) is 8. The quantitative estimate of drug-likeness (QED) is 0.142. The predicted octanol–water partition coefficient (Wildman–Crippen LogP) is 8.93. The number of rotatable bonds is 19. The summed E-state index contributed by atoms with van der Waals surface area (Å²) >= 11 is 3.77. The Labute approximate surface area is 293 Å². The van der Waals surface area contributed by atoms with Crippen LogP contribution < -0.4 is 9.47 Å². The number of unbranched alkanes of at least 4 members (excludes halogenated alkanes) is 2. The summed E-state index contributed by atoms with van der Waals surface area (Å²) < 4.78 is 23.5. The number of fused-ring (bicyclic) bond motifs is 2. The summed E-state index contributed by atoms with van der Waals surface area (Å²) in [6.45, 7) is 13.9. The fraction of sp³-hybridized carbons (Fsp3) is 0.692. The highest BCUT2D eigenvalue weighted by atomic mass is 32.2. The second-order valence-corrected chi connectivity index (χ2v) is 15.6. The first-order valence-electron chi connectivity index (χ1n) is 18.1. The predicted molar refractivity (Wildman–Crippen MR) is 196 cm³/mol. The molecule has 0 aromatic heterocycles. The zero-order valence-electron chi connectivity index (χ0n) is 29.6. The van der Waals surface area contributed by atoms with Gasteiger partial charge in [0.1, 0.15) is 24.7 Å². The molecule has 47 heavy (non-hydrogen) atoms. The van der Waals surface area contributed by atoms with Crippen LogP contribution in [0.3, 0.4) is 0 Å². The minimum Gasteiger partial charge on any atom is -0.491 e. The monoisotopic (exact) mass is 688 g/mol. The summed E-state index contributed by atoms with van der Waals surface area (Å²) in [5.41, 5.74) is 2.32. The molecule has 0 saturated heterocycles. The molecule has 4 rings (SSSR count). The average molecular weight is 689 g/mol. The normalized spacial score (nSPS) is 25.8. The largest absolute Gasteiger partial charge is 0.491 e. The van der Waals surface area contributed by atoms with Gasteiger partial charge < -0.3 is 29.2 Å². The molecule has 5 atom stereocenters. The molecule has 6 nitrogen and oxygen atoms in total. The van der Waals surface area contributed by atoms with Crippen LogP contribution in [0, 0.1) is 10.8 Å². The number of thioether (sulfide) groups is 2. The highest BCUT2D eigenvalue weighted by Gasteiger charge is 2.42. The lowest BCUT2D eigenvalue weighted by Crippen LogP contribution is -2.39. The molecule has 2 N–H and O–H groups in total. The molecule has 0 unspecified atom stereocenters. The van der Waals surface area contributed by atoms with Crippen molar-refractivity contribution in [2.24, 2.45) is 10.8 Å². The maximum Gasteiger partial charge on any atom is 0.119 e. The summed E-state index contributed by atoms with van der Waals surface area (Å²) in [4.78, 5) is 2.52. The van der Waals surface area contributed by atoms with Gasteiger partial charge in [-0.15, -0.1) is 23.5 Å². The lowest BCUT2D eigenvalue weighted by molar-refractivity contribution is 0.0133. The first-order valence-corrected chi connectivity index (χ1v) is 20.1. The Morgan fingerprint density at radius 2 is 1.23 bits per heavy atom. The first kappa shape index (κ1) is 38.4. The van der Waals surface area contributed by atoms with Gasteiger partial charge in [0, 0.05) is 44.5 Å². The lowest BCUT2D eigenvalue weighted by Gasteiger charge is -2.38. The van der Waals surface area contributed by atoms with Gasteiger partial charge >= 0.3 is 0 Å². The van der Waals surface area contributed by atoms with Gasteiger partial charge in [-0.05, 0) is 73.2 Å². The maximum atomic E-state index is 11.4. The number of hydrogen-bond donors (Lipinski definition) is 2. The molecule has 2 aromatic carbocycles. The topological polar surface area (TPSA) is 77.4 Å². The number of aliphatic hydroxyl groups excluding tert-OH is 2. The lowest BCUT2D eigenvalue weighted by atomic mass is 9.71. The summed E-state index contributed by atoms with van der Waals surface area (Å²) in [5.74, 6) is 3.65. The van der Waals surface area contributed by atoms with Crippen molar-refractivity contribution in [1.82, 2.24) is 0 Å². The Hall–Kier alpha value is -1.42. The van der Waals surface area contributed by atoms with Crippen molar-refractivity contribution >= 4 is 23.5 Å². The molecule has 2 aliphatic heterocycles. The molecule has 2 aromatic rings. The average Bonchev–Trinajstić information content (AvgIpc) is 3.29. The Balaban J connectivity index is 1.12. The molecule has 0 amide bonds. The molecule has 0 aliphatic carbocycles. The van der Waals surface area contributed by atoms with E-state index in [0.717, 1.165) is 74.4 Å². The maximum absolute atomic E-state index is 11.4. The second-order valence-electron chi connectivity index (χ2n) is 13.6. The van der Waals surface area contributed by atoms with E-state index in [0.29, 0.717) is 46.1 Å². The Morgan fingerprint density at radius 3 is 1.85 bits per heavy atom. The zero-order chi connectivity index (χ0) is 33.7. The molecule has 8 heteroatoms. The van der Waals surface area contributed by atoms with Gasteiger partial charge in [0.05, 0.1) is 38.6 Å². The van der Waals surface area contributed by atoms with Gasteiger partial charge in [-0.2, -0.15) is 0 Å². The van der Waals surface area contributed by atoms with Crippen molar-refractivity contribution in [3.05, 3.63) is 47.5 Å². The minimum atomic E-state index is -0.357. The third-order valence-corrected chi connectivity index (χ3v) is 13.4. The Bertz CT molecular complexity index is 1230. The molecule has 2 aliphatic rings. The van der Waals surface area contributed by atoms with Gasteiger partial charge in [0.25, 0.3) is 0 Å². The van der Waals surface area contributed by atoms with Gasteiger partial charge in [-0.25, -0.2) is 0 Å². The van der Waals surface area contributed by atoms with Crippen LogP contribution in [0.2, 0.25) is 0 Å². The third-order valence-electron chi connectivity index (χ3n) is 10.6. The first-order chi connectivity index (χ1) is 22.8. The standard InChI is InChI=1S/C39H60O6S2/c1-6-10-16-38(8-3)27-46-34-14-12-31(24-30(34)25-36(38)40)44-22-20-42-18-19-43-21-23-45-32-13-15-35-33(26-32)29(5)37(41)39(9-4,28-47-35)17-11-7-2/h12-15,24,26,29,36-37,40-41H,6-11,16-23,25,27-28H2,1-5H3/t29-,36+,37-,38+,39-/m0/s1. The van der Waals surface area contributed by atoms with Crippen molar-refractivity contribution in [3.8, 4) is 11.5 Å². The van der Waals surface area contributed by atoms with Crippen LogP contribution in [-0.4, -0.2) is 73.6 Å². The second kappa shape index (κ2) is 19.1. The SMILES string of the molecule is CCCC[C@]1(CC)CSc2ccc(OCCOCCOCCOc3ccc4c(c3)[C@H](C)[C@H](O)[C@@](CC)(CCCC)CS4)cc2C[C@H]1O. The molecule has 2 heterocycles. The summed E-state index contributed by atoms with van der Waals surface area (Å²) in [6, 6.07) is 12.6. The molecule has 0 saturated carbocycles. The summed E-state index contributed by atoms with van der Waals surface area (Å²) in [5, 5.41) is 22.6. The van der Waals surface area contributed by atoms with E-state index in [-0.39, 0.29) is 29.0 Å². The van der Waals surface area contributed by atoms with E-state index in [1.165, 1.54) is 20.9 Å². The highest BCUT2D eigenvalue weighted by molar-refractivity contribution is 7.99. The number of aliphatic hydroxyl groups is 2. The summed E-state index contributed by atoms with van der Waals surface area (Å²) in [6.07, 6.45) is 8.78. The van der Waals surface area contributed by atoms with Crippen molar-refractivity contribution < 1.29 is 29.2 Å². The van der Waals surface area contributed by atoms with Gasteiger partial charge in [0.2, 0.25) is 0 Å². The van der Waals surface area contributed by atoms with Crippen LogP contribution >= 0.6 is 23.5 Å². The fourth-order valence-electron chi connectivity index (χ4n) is 7.08. The van der Waals surface area contributed by atoms with Gasteiger partial charge in [-0.3, -0.25) is 0 Å². The fourth-order valence-corrected chi connectivity index (χ4v) is 10.1. The van der Waals surface area contributed by atoms with Crippen LogP contribution in [0.5, 0.6) is 11.5 Å². The van der Waals surface area contributed by atoms with Crippen LogP contribution in [-0.2, 0) is 15.9 Å². The Kier molecular flexibility index (Phi) is 15.6. The molecule has 0 bridgehead atoms. The van der Waals surface area contributed by atoms with Crippen LogP contribution in [0.15, 0.2) is 46.2 Å². The third kappa shape index (κ3) is 10.1. The van der Waals surface area contributed by atoms with Crippen LogP contribution in [0.25, 0.3) is 0 Å². The Morgan fingerprint density at radius 1 is 0.702 bits per heavy atom. The van der Waals surface area contributed by atoms with Gasteiger partial charge in [-0.1, -0.05) is 60.3 Å². The van der Waals surface area contributed by atoms with Crippen molar-refractivity contribution in [2.45, 2.75) is 120 Å². The van der Waals surface area contributed by atoms with Crippen molar-refractivity contribution in [2.75, 3.05) is 51.1 Å². The number of ether oxygens (including phenoxy) is 4. The van der Waals surface area contributed by atoms with E-state index in [1.807, 2.05) is 35.7 Å². The molecular formula is C39H60O6S2. The van der Waals surface area contributed by atoms with E-state index in [1.54, 1.807) is 0 Å². The zero-order valence-corrected chi connectivity index (χ0v) is 31.2. The van der Waals surface area contributed by atoms with Crippen LogP contribution in [0.1, 0.15) is 103 Å². The van der Waals surface area contributed by atoms with Crippen LogP contribution in [0.4, 0.5) is 0 Å². The van der Waals surface area contributed by atoms with E-state index in [9.17, 15) is 10.2 Å². The molecule has 264 valence electrons. The van der Waals surface area contributed by atoms with Gasteiger partial charge in [0.15, 0.2) is 0 Å². The smallest absolute Gasteiger partial charge is 0.119 e. The number of benzene rings is 2. The molecular weight excluding hydrogens is 629 g/mol. The summed E-state index contributed by atoms with van der Waals surface area (Å²) in [7, 11) is 0. The van der Waals surface area contributed by atoms with E-state index >= 15 is 0 Å². The van der Waals surface area contributed by atoms with E-state index < -0.39 is 0 Å².